The molecule has 0 fully saturated rings. The molecule has 1 heterocycles. The first-order valence-electron chi connectivity index (χ1n) is 5.97. The highest BCUT2D eigenvalue weighted by atomic mass is 32.2. The molecule has 20 heavy (non-hydrogen) atoms. The summed E-state index contributed by atoms with van der Waals surface area (Å²) in [6, 6.07) is 11.2. The van der Waals surface area contributed by atoms with Crippen molar-refractivity contribution in [2.75, 3.05) is 25.3 Å². The van der Waals surface area contributed by atoms with Crippen LogP contribution >= 0.6 is 11.3 Å². The highest BCUT2D eigenvalue weighted by Gasteiger charge is 2.09. The Kier molecular flexibility index (Phi) is 4.25. The summed E-state index contributed by atoms with van der Waals surface area (Å²) in [6.07, 6.45) is 2.89. The molecule has 4 nitrogen and oxygen atoms in total. The number of nitrogens with zero attached hydrogens (tertiary/aromatic N) is 2. The number of anilines is 1. The third-order valence-electron chi connectivity index (χ3n) is 2.67. The minimum absolute atomic E-state index is 0.363. The average Bonchev–Trinajstić information content (AvgIpc) is 2.85. The van der Waals surface area contributed by atoms with Crippen molar-refractivity contribution >= 4 is 38.8 Å². The summed E-state index contributed by atoms with van der Waals surface area (Å²) in [5.41, 5.74) is 1.95. The van der Waals surface area contributed by atoms with E-state index in [9.17, 15) is 8.42 Å². The van der Waals surface area contributed by atoms with Crippen LogP contribution in [0.5, 0.6) is 0 Å². The fraction of sp³-hybridized carbons (Fsp3) is 0.214. The molecule has 0 bridgehead atoms. The number of sulfone groups is 1. The van der Waals surface area contributed by atoms with Crippen molar-refractivity contribution in [3.8, 4) is 0 Å². The van der Waals surface area contributed by atoms with Crippen molar-refractivity contribution < 1.29 is 8.42 Å². The van der Waals surface area contributed by atoms with E-state index in [4.69, 9.17) is 0 Å². The maximum absolute atomic E-state index is 11.4. The molecule has 106 valence electrons. The Balaban J connectivity index is 2.15. The topological polar surface area (TPSA) is 49.7 Å². The summed E-state index contributed by atoms with van der Waals surface area (Å²) in [7, 11) is 0.837. The molecule has 2 aromatic rings. The van der Waals surface area contributed by atoms with Crippen LogP contribution in [0.3, 0.4) is 0 Å². The average molecular weight is 308 g/mol. The molecule has 6 heteroatoms. The molecule has 0 saturated heterocycles. The highest BCUT2D eigenvalue weighted by molar-refractivity contribution is 7.92. The number of hydrogen-bond acceptors (Lipinski definition) is 5. The molecule has 0 aliphatic heterocycles. The molecule has 1 aromatic heterocycles. The van der Waals surface area contributed by atoms with Crippen LogP contribution in [0.4, 0.5) is 11.4 Å². The van der Waals surface area contributed by atoms with Gasteiger partial charge in [-0.3, -0.25) is 4.99 Å². The predicted molar refractivity (Wildman–Crippen MR) is 85.5 cm³/mol. The molecule has 0 radical (unpaired) electrons. The quantitative estimate of drug-likeness (QED) is 0.816. The van der Waals surface area contributed by atoms with Gasteiger partial charge in [-0.05, 0) is 36.4 Å². The summed E-state index contributed by atoms with van der Waals surface area (Å²) in [5, 5.41) is 0. The molecule has 0 aliphatic rings. The van der Waals surface area contributed by atoms with E-state index in [2.05, 4.69) is 4.99 Å². The zero-order valence-electron chi connectivity index (χ0n) is 11.6. The highest BCUT2D eigenvalue weighted by Crippen LogP contribution is 2.22. The van der Waals surface area contributed by atoms with Gasteiger partial charge in [0.15, 0.2) is 9.84 Å². The molecule has 0 atom stereocenters. The molecular formula is C14H16N2O2S2. The maximum atomic E-state index is 11.4. The second-order valence-corrected chi connectivity index (χ2v) is 7.96. The fourth-order valence-corrected chi connectivity index (χ4v) is 3.40. The third kappa shape index (κ3) is 3.68. The van der Waals surface area contributed by atoms with Gasteiger partial charge in [0.25, 0.3) is 0 Å². The molecule has 2 rings (SSSR count). The van der Waals surface area contributed by atoms with E-state index < -0.39 is 9.84 Å². The summed E-state index contributed by atoms with van der Waals surface area (Å²) in [5.74, 6) is 0. The van der Waals surface area contributed by atoms with Crippen molar-refractivity contribution in [2.45, 2.75) is 4.21 Å². The van der Waals surface area contributed by atoms with Crippen LogP contribution in [0.2, 0.25) is 0 Å². The van der Waals surface area contributed by atoms with Crippen LogP contribution in [0.25, 0.3) is 0 Å². The largest absolute Gasteiger partial charge is 0.378 e. The molecule has 1 aromatic carbocycles. The van der Waals surface area contributed by atoms with Gasteiger partial charge in [0, 0.05) is 37.1 Å². The van der Waals surface area contributed by atoms with Crippen molar-refractivity contribution in [3.05, 3.63) is 41.3 Å². The summed E-state index contributed by atoms with van der Waals surface area (Å²) >= 11 is 1.22. The van der Waals surface area contributed by atoms with Gasteiger partial charge in [-0.2, -0.15) is 0 Å². The molecule has 0 unspecified atom stereocenters. The Labute approximate surface area is 123 Å². The Morgan fingerprint density at radius 1 is 1.10 bits per heavy atom. The summed E-state index contributed by atoms with van der Waals surface area (Å²) in [6.45, 7) is 0. The van der Waals surface area contributed by atoms with E-state index in [0.717, 1.165) is 16.3 Å². The second kappa shape index (κ2) is 5.76. The number of rotatable bonds is 4. The van der Waals surface area contributed by atoms with Gasteiger partial charge in [0.05, 0.1) is 5.69 Å². The maximum Gasteiger partial charge on any atom is 0.184 e. The normalized spacial score (nSPS) is 11.9. The lowest BCUT2D eigenvalue weighted by Gasteiger charge is -2.11. The molecule has 0 amide bonds. The third-order valence-corrected chi connectivity index (χ3v) is 5.51. The Morgan fingerprint density at radius 2 is 1.75 bits per heavy atom. The SMILES string of the molecule is CN(C)c1ccc(N=Cc2ccc(S(C)(=O)=O)s2)cc1. The van der Waals surface area contributed by atoms with Gasteiger partial charge in [-0.1, -0.05) is 0 Å². The lowest BCUT2D eigenvalue weighted by molar-refractivity contribution is 0.604. The molecular weight excluding hydrogens is 292 g/mol. The van der Waals surface area contributed by atoms with Gasteiger partial charge in [-0.25, -0.2) is 8.42 Å². The van der Waals surface area contributed by atoms with Gasteiger partial charge in [0.1, 0.15) is 4.21 Å². The van der Waals surface area contributed by atoms with Gasteiger partial charge in [0.2, 0.25) is 0 Å². The Morgan fingerprint density at radius 3 is 2.25 bits per heavy atom. The van der Waals surface area contributed by atoms with Crippen LogP contribution in [-0.4, -0.2) is 35.0 Å². The molecule has 0 N–H and O–H groups in total. The van der Waals surface area contributed by atoms with E-state index >= 15 is 0 Å². The smallest absolute Gasteiger partial charge is 0.184 e. The van der Waals surface area contributed by atoms with Gasteiger partial charge in [-0.15, -0.1) is 11.3 Å². The second-order valence-electron chi connectivity index (χ2n) is 4.60. The molecule has 0 saturated carbocycles. The van der Waals surface area contributed by atoms with Crippen LogP contribution in [0, 0.1) is 0 Å². The van der Waals surface area contributed by atoms with Crippen LogP contribution < -0.4 is 4.90 Å². The number of thiophene rings is 1. The monoisotopic (exact) mass is 308 g/mol. The van der Waals surface area contributed by atoms with E-state index in [1.165, 1.54) is 17.6 Å². The predicted octanol–water partition coefficient (Wildman–Crippen LogP) is 2.97. The van der Waals surface area contributed by atoms with Crippen LogP contribution in [-0.2, 0) is 9.84 Å². The summed E-state index contributed by atoms with van der Waals surface area (Å²) < 4.78 is 23.1. The van der Waals surface area contributed by atoms with Crippen molar-refractivity contribution in [1.29, 1.82) is 0 Å². The Bertz CT molecular complexity index is 714. The van der Waals surface area contributed by atoms with Gasteiger partial charge >= 0.3 is 0 Å². The van der Waals surface area contributed by atoms with Crippen molar-refractivity contribution in [2.24, 2.45) is 4.99 Å². The van der Waals surface area contributed by atoms with E-state index in [-0.39, 0.29) is 0 Å². The zero-order valence-corrected chi connectivity index (χ0v) is 13.2. The first kappa shape index (κ1) is 14.7. The molecule has 0 aliphatic carbocycles. The van der Waals surface area contributed by atoms with Gasteiger partial charge < -0.3 is 4.90 Å². The Hall–Kier alpha value is -1.66. The zero-order chi connectivity index (χ0) is 14.8. The van der Waals surface area contributed by atoms with E-state index in [1.54, 1.807) is 18.3 Å². The standard InChI is InChI=1S/C14H16N2O2S2/c1-16(2)12-6-4-11(5-7-12)15-10-13-8-9-14(19-13)20(3,17)18/h4-10H,1-3H3. The lowest BCUT2D eigenvalue weighted by Crippen LogP contribution is -2.07. The minimum Gasteiger partial charge on any atom is -0.378 e. The number of benzene rings is 1. The summed E-state index contributed by atoms with van der Waals surface area (Å²) in [4.78, 5) is 7.18. The lowest BCUT2D eigenvalue weighted by atomic mass is 10.3. The fourth-order valence-electron chi connectivity index (χ4n) is 1.58. The van der Waals surface area contributed by atoms with Crippen LogP contribution in [0.1, 0.15) is 4.88 Å². The van der Waals surface area contributed by atoms with Crippen molar-refractivity contribution in [1.82, 2.24) is 0 Å². The van der Waals surface area contributed by atoms with E-state index in [0.29, 0.717) is 4.21 Å². The van der Waals surface area contributed by atoms with Crippen LogP contribution in [0.15, 0.2) is 45.6 Å². The minimum atomic E-state index is -3.13. The number of hydrogen-bond donors (Lipinski definition) is 0. The number of aliphatic imine (C=N–C) groups is 1. The molecule has 0 spiro atoms. The first-order valence-corrected chi connectivity index (χ1v) is 8.68. The first-order chi connectivity index (χ1) is 9.36. The van der Waals surface area contributed by atoms with E-state index in [1.807, 2.05) is 43.3 Å². The van der Waals surface area contributed by atoms with Crippen molar-refractivity contribution in [3.63, 3.8) is 0 Å².